The van der Waals surface area contributed by atoms with E-state index in [1.54, 1.807) is 18.2 Å². The van der Waals surface area contributed by atoms with Gasteiger partial charge in [0, 0.05) is 51.1 Å². The Kier molecular flexibility index (Phi) is 8.76. The van der Waals surface area contributed by atoms with Gasteiger partial charge in [0.2, 0.25) is 15.9 Å². The SMILES string of the molecule is CN1CCN(Cc2ccc3c(c2)OCCC3NC(=O)C[C@@H](NS(=O)(=O)c2ccc3ccccc3c2)c2ccccc2)CC1. The van der Waals surface area contributed by atoms with Gasteiger partial charge >= 0.3 is 0 Å². The number of carbonyl (C=O) groups is 1. The molecule has 0 spiro atoms. The van der Waals surface area contributed by atoms with E-state index < -0.39 is 16.1 Å². The molecular weight excluding hydrogens is 560 g/mol. The first-order chi connectivity index (χ1) is 20.8. The van der Waals surface area contributed by atoms with Gasteiger partial charge < -0.3 is 15.0 Å². The lowest BCUT2D eigenvalue weighted by Gasteiger charge is -2.33. The van der Waals surface area contributed by atoms with E-state index in [9.17, 15) is 13.2 Å². The number of ether oxygens (including phenoxy) is 1. The summed E-state index contributed by atoms with van der Waals surface area (Å²) in [4.78, 5) is 18.4. The normalized spacial score (nSPS) is 18.5. The maximum atomic E-state index is 13.5. The highest BCUT2D eigenvalue weighted by molar-refractivity contribution is 7.89. The van der Waals surface area contributed by atoms with E-state index in [1.165, 1.54) is 5.56 Å². The molecule has 4 aromatic rings. The van der Waals surface area contributed by atoms with Gasteiger partial charge in [-0.15, -0.1) is 0 Å². The summed E-state index contributed by atoms with van der Waals surface area (Å²) >= 11 is 0. The van der Waals surface area contributed by atoms with Gasteiger partial charge in [-0.1, -0.05) is 72.8 Å². The molecule has 6 rings (SSSR count). The van der Waals surface area contributed by atoms with Crippen LogP contribution in [0.4, 0.5) is 0 Å². The molecule has 2 aliphatic rings. The van der Waals surface area contributed by atoms with Crippen molar-refractivity contribution >= 4 is 26.7 Å². The summed E-state index contributed by atoms with van der Waals surface area (Å²) in [6, 6.07) is 27.3. The van der Waals surface area contributed by atoms with Gasteiger partial charge in [0.25, 0.3) is 0 Å². The van der Waals surface area contributed by atoms with Crippen molar-refractivity contribution in [3.8, 4) is 5.75 Å². The summed E-state index contributed by atoms with van der Waals surface area (Å²) in [5, 5.41) is 4.96. The summed E-state index contributed by atoms with van der Waals surface area (Å²) < 4.78 is 35.9. The smallest absolute Gasteiger partial charge is 0.241 e. The number of nitrogens with zero attached hydrogens (tertiary/aromatic N) is 2. The highest BCUT2D eigenvalue weighted by Crippen LogP contribution is 2.34. The molecule has 0 bridgehead atoms. The molecule has 0 aromatic heterocycles. The third kappa shape index (κ3) is 7.08. The lowest BCUT2D eigenvalue weighted by molar-refractivity contribution is -0.122. The lowest BCUT2D eigenvalue weighted by atomic mass is 9.97. The van der Waals surface area contributed by atoms with Gasteiger partial charge in [0.1, 0.15) is 5.75 Å². The van der Waals surface area contributed by atoms with Crippen molar-refractivity contribution in [1.29, 1.82) is 0 Å². The minimum Gasteiger partial charge on any atom is -0.493 e. The molecule has 2 aliphatic heterocycles. The summed E-state index contributed by atoms with van der Waals surface area (Å²) in [5.74, 6) is 0.578. The van der Waals surface area contributed by atoms with E-state index in [2.05, 4.69) is 45.1 Å². The predicted molar refractivity (Wildman–Crippen MR) is 168 cm³/mol. The van der Waals surface area contributed by atoms with Crippen LogP contribution in [0.3, 0.4) is 0 Å². The molecule has 9 heteroatoms. The molecule has 43 heavy (non-hydrogen) atoms. The molecule has 2 atom stereocenters. The second-order valence-corrected chi connectivity index (χ2v) is 13.2. The van der Waals surface area contributed by atoms with Crippen molar-refractivity contribution in [2.24, 2.45) is 0 Å². The number of nitrogens with one attached hydrogen (secondary N) is 2. The molecule has 1 unspecified atom stereocenters. The zero-order valence-electron chi connectivity index (χ0n) is 24.4. The molecule has 224 valence electrons. The fraction of sp³-hybridized carbons (Fsp3) is 0.324. The average Bonchev–Trinajstić information content (AvgIpc) is 3.02. The van der Waals surface area contributed by atoms with Gasteiger partial charge in [-0.3, -0.25) is 9.69 Å². The van der Waals surface area contributed by atoms with E-state index in [0.29, 0.717) is 13.0 Å². The summed E-state index contributed by atoms with van der Waals surface area (Å²) in [6.07, 6.45) is 0.611. The number of piperazine rings is 1. The Labute approximate surface area is 253 Å². The number of likely N-dealkylation sites (N-methyl/N-ethyl adjacent to an activating group) is 1. The van der Waals surface area contributed by atoms with Crippen LogP contribution in [0.2, 0.25) is 0 Å². The molecule has 0 aliphatic carbocycles. The van der Waals surface area contributed by atoms with Crippen LogP contribution in [0.5, 0.6) is 5.75 Å². The molecule has 1 fully saturated rings. The number of carbonyl (C=O) groups excluding carboxylic acids is 1. The van der Waals surface area contributed by atoms with Crippen molar-refractivity contribution in [1.82, 2.24) is 19.8 Å². The zero-order chi connectivity index (χ0) is 29.8. The van der Waals surface area contributed by atoms with Crippen LogP contribution < -0.4 is 14.8 Å². The van der Waals surface area contributed by atoms with E-state index in [1.807, 2.05) is 54.6 Å². The van der Waals surface area contributed by atoms with Gasteiger partial charge in [-0.25, -0.2) is 13.1 Å². The maximum Gasteiger partial charge on any atom is 0.241 e. The molecule has 0 radical (unpaired) electrons. The molecule has 0 saturated carbocycles. The third-order valence-electron chi connectivity index (χ3n) is 8.37. The topological polar surface area (TPSA) is 91.0 Å². The fourth-order valence-corrected chi connectivity index (χ4v) is 7.15. The van der Waals surface area contributed by atoms with E-state index in [-0.39, 0.29) is 23.3 Å². The number of sulfonamides is 1. The van der Waals surface area contributed by atoms with Crippen LogP contribution in [-0.4, -0.2) is 64.0 Å². The number of hydrogen-bond acceptors (Lipinski definition) is 6. The Morgan fingerprint density at radius 1 is 0.907 bits per heavy atom. The largest absolute Gasteiger partial charge is 0.493 e. The van der Waals surface area contributed by atoms with Crippen LogP contribution in [-0.2, 0) is 21.4 Å². The predicted octanol–water partition coefficient (Wildman–Crippen LogP) is 4.64. The second-order valence-electron chi connectivity index (χ2n) is 11.5. The first-order valence-corrected chi connectivity index (χ1v) is 16.3. The van der Waals surface area contributed by atoms with Crippen molar-refractivity contribution in [2.75, 3.05) is 39.8 Å². The molecule has 1 amide bonds. The Hall–Kier alpha value is -3.76. The van der Waals surface area contributed by atoms with Crippen molar-refractivity contribution < 1.29 is 17.9 Å². The van der Waals surface area contributed by atoms with Crippen molar-refractivity contribution in [2.45, 2.75) is 36.4 Å². The Bertz CT molecular complexity index is 1690. The minimum absolute atomic E-state index is 0.0367. The van der Waals surface area contributed by atoms with Crippen molar-refractivity contribution in [3.63, 3.8) is 0 Å². The number of hydrogen-bond donors (Lipinski definition) is 2. The van der Waals surface area contributed by atoms with Gasteiger partial charge in [0.15, 0.2) is 0 Å². The van der Waals surface area contributed by atoms with Gasteiger partial charge in [-0.05, 0) is 47.1 Å². The zero-order valence-corrected chi connectivity index (χ0v) is 25.2. The molecule has 4 aromatic carbocycles. The quantitative estimate of drug-likeness (QED) is 0.292. The highest BCUT2D eigenvalue weighted by Gasteiger charge is 2.28. The Morgan fingerprint density at radius 3 is 2.44 bits per heavy atom. The second kappa shape index (κ2) is 12.9. The summed E-state index contributed by atoms with van der Waals surface area (Å²) in [7, 11) is -1.75. The molecule has 1 saturated heterocycles. The average molecular weight is 599 g/mol. The fourth-order valence-electron chi connectivity index (χ4n) is 5.89. The standard InChI is InChI=1S/C34H38N4O4S/c1-37-16-18-38(19-17-37)24-25-11-14-30-31(15-20-42-33(30)21-25)35-34(39)23-32(27-8-3-2-4-9-27)36-43(40,41)29-13-12-26-7-5-6-10-28(26)22-29/h2-14,21-22,31-32,36H,15-20,23-24H2,1H3,(H,35,39)/t31?,32-/m1/s1. The summed E-state index contributed by atoms with van der Waals surface area (Å²) in [5.41, 5.74) is 2.88. The number of rotatable bonds is 9. The highest BCUT2D eigenvalue weighted by atomic mass is 32.2. The van der Waals surface area contributed by atoms with E-state index in [4.69, 9.17) is 4.74 Å². The number of benzene rings is 4. The first-order valence-electron chi connectivity index (χ1n) is 14.9. The van der Waals surface area contributed by atoms with Crippen molar-refractivity contribution in [3.05, 3.63) is 108 Å². The minimum atomic E-state index is -3.90. The van der Waals surface area contributed by atoms with Crippen LogP contribution in [0, 0.1) is 0 Å². The number of amides is 1. The molecule has 8 nitrogen and oxygen atoms in total. The Balaban J connectivity index is 1.16. The van der Waals surface area contributed by atoms with Crippen LogP contribution in [0.15, 0.2) is 95.9 Å². The summed E-state index contributed by atoms with van der Waals surface area (Å²) in [6.45, 7) is 5.60. The van der Waals surface area contributed by atoms with Gasteiger partial charge in [0.05, 0.1) is 23.6 Å². The third-order valence-corrected chi connectivity index (χ3v) is 9.84. The first kappa shape index (κ1) is 29.3. The van der Waals surface area contributed by atoms with Gasteiger partial charge in [-0.2, -0.15) is 0 Å². The molecule has 2 N–H and O–H groups in total. The molecular formula is C34H38N4O4S. The number of fused-ring (bicyclic) bond motifs is 2. The van der Waals surface area contributed by atoms with E-state index in [0.717, 1.165) is 60.4 Å². The van der Waals surface area contributed by atoms with Crippen LogP contribution >= 0.6 is 0 Å². The lowest BCUT2D eigenvalue weighted by Crippen LogP contribution is -2.43. The van der Waals surface area contributed by atoms with E-state index >= 15 is 0 Å². The monoisotopic (exact) mass is 598 g/mol. The Morgan fingerprint density at radius 2 is 1.65 bits per heavy atom. The maximum absolute atomic E-state index is 13.5. The van der Waals surface area contributed by atoms with Crippen LogP contribution in [0.1, 0.15) is 41.6 Å². The van der Waals surface area contributed by atoms with Crippen LogP contribution in [0.25, 0.3) is 10.8 Å². The molecule has 2 heterocycles.